The summed E-state index contributed by atoms with van der Waals surface area (Å²) in [5.41, 5.74) is 10.5. The number of benzene rings is 5. The molecule has 0 aliphatic heterocycles. The van der Waals surface area contributed by atoms with Gasteiger partial charge in [0.1, 0.15) is 22.5 Å². The van der Waals surface area contributed by atoms with Gasteiger partial charge in [-0.05, 0) is 94.8 Å². The Morgan fingerprint density at radius 2 is 1.30 bits per heavy atom. The van der Waals surface area contributed by atoms with Crippen LogP contribution in [0.2, 0.25) is 0 Å². The van der Waals surface area contributed by atoms with Gasteiger partial charge in [-0.3, -0.25) is 9.55 Å². The van der Waals surface area contributed by atoms with E-state index in [-0.39, 0.29) is 0 Å². The van der Waals surface area contributed by atoms with E-state index < -0.39 is 0 Å². The molecule has 0 radical (unpaired) electrons. The smallest absolute Gasteiger partial charge is 0.149 e. The predicted molar refractivity (Wildman–Crippen MR) is 184 cm³/mol. The third kappa shape index (κ3) is 3.97. The van der Waals surface area contributed by atoms with E-state index in [2.05, 4.69) is 137 Å². The summed E-state index contributed by atoms with van der Waals surface area (Å²) in [7, 11) is 0. The molecule has 0 N–H and O–H groups in total. The molecule has 0 aliphatic carbocycles. The van der Waals surface area contributed by atoms with E-state index in [1.165, 1.54) is 38.4 Å². The highest BCUT2D eigenvalue weighted by Gasteiger charge is 2.25. The molecule has 0 spiro atoms. The third-order valence-corrected chi connectivity index (χ3v) is 9.07. The van der Waals surface area contributed by atoms with Crippen LogP contribution in [0.5, 0.6) is 0 Å². The number of imidazole rings is 1. The van der Waals surface area contributed by atoms with E-state index in [9.17, 15) is 0 Å². The van der Waals surface area contributed by atoms with Crippen molar-refractivity contribution in [2.24, 2.45) is 0 Å². The number of aryl methyl sites for hydroxylation is 2. The van der Waals surface area contributed by atoms with Crippen LogP contribution < -0.4 is 0 Å². The number of hydrogen-bond donors (Lipinski definition) is 0. The first-order valence-corrected chi connectivity index (χ1v) is 15.6. The molecule has 0 fully saturated rings. The minimum Gasteiger partial charge on any atom is -0.455 e. The highest BCUT2D eigenvalue weighted by atomic mass is 16.3. The standard InChI is InChI=1S/C40H35N3O/c1-22(2)30-13-9-14-31(23(3)4)38(30)43-35-17-24(5)41-25(6)37(35)42-40(43)33-16-10-15-32-34-20-28-18-26-11-7-8-12-27(26)19-29(28)21-36(34)44-39(32)33/h7-23H,1-6H3. The Balaban J connectivity index is 1.48. The van der Waals surface area contributed by atoms with Gasteiger partial charge in [-0.1, -0.05) is 82.3 Å². The summed E-state index contributed by atoms with van der Waals surface area (Å²) >= 11 is 0. The lowest BCUT2D eigenvalue weighted by Gasteiger charge is -2.22. The largest absolute Gasteiger partial charge is 0.455 e. The summed E-state index contributed by atoms with van der Waals surface area (Å²) in [4.78, 5) is 10.2. The first-order chi connectivity index (χ1) is 21.3. The van der Waals surface area contributed by atoms with E-state index in [0.29, 0.717) is 11.8 Å². The molecular formula is C40H35N3O. The predicted octanol–water partition coefficient (Wildman–Crippen LogP) is 11.2. The molecule has 4 heteroatoms. The van der Waals surface area contributed by atoms with E-state index in [0.717, 1.165) is 55.7 Å². The molecule has 0 aliphatic rings. The second-order valence-electron chi connectivity index (χ2n) is 12.8. The van der Waals surface area contributed by atoms with Crippen LogP contribution in [-0.4, -0.2) is 14.5 Å². The molecule has 0 atom stereocenters. The lowest BCUT2D eigenvalue weighted by molar-refractivity contribution is 0.670. The minimum absolute atomic E-state index is 0.336. The maximum Gasteiger partial charge on any atom is 0.149 e. The summed E-state index contributed by atoms with van der Waals surface area (Å²) in [5.74, 6) is 1.55. The van der Waals surface area contributed by atoms with Gasteiger partial charge < -0.3 is 4.42 Å². The molecule has 3 heterocycles. The fourth-order valence-electron chi connectivity index (χ4n) is 6.97. The van der Waals surface area contributed by atoms with E-state index in [1.54, 1.807) is 0 Å². The van der Waals surface area contributed by atoms with Crippen molar-refractivity contribution in [2.75, 3.05) is 0 Å². The minimum atomic E-state index is 0.336. The molecular weight excluding hydrogens is 538 g/mol. The molecule has 0 bridgehead atoms. The molecule has 44 heavy (non-hydrogen) atoms. The number of aromatic nitrogens is 3. The van der Waals surface area contributed by atoms with Gasteiger partial charge in [0.05, 0.1) is 22.5 Å². The van der Waals surface area contributed by atoms with Crippen molar-refractivity contribution in [1.82, 2.24) is 14.5 Å². The number of rotatable bonds is 4. The zero-order chi connectivity index (χ0) is 30.3. The van der Waals surface area contributed by atoms with Crippen molar-refractivity contribution in [3.05, 3.63) is 114 Å². The summed E-state index contributed by atoms with van der Waals surface area (Å²) < 4.78 is 9.17. The average Bonchev–Trinajstić information content (AvgIpc) is 3.56. The number of nitrogens with zero attached hydrogens (tertiary/aromatic N) is 3. The van der Waals surface area contributed by atoms with Gasteiger partial charge in [-0.25, -0.2) is 4.98 Å². The SMILES string of the molecule is Cc1cc2c(nc(-c3cccc4c3oc3cc5cc6ccccc6cc5cc34)n2-c2c(C(C)C)cccc2C(C)C)c(C)n1. The van der Waals surface area contributed by atoms with Crippen LogP contribution in [0.15, 0.2) is 95.4 Å². The Bertz CT molecular complexity index is 2400. The number of para-hydroxylation sites is 2. The number of hydrogen-bond acceptors (Lipinski definition) is 3. The van der Waals surface area contributed by atoms with E-state index in [1.807, 2.05) is 0 Å². The summed E-state index contributed by atoms with van der Waals surface area (Å²) in [5, 5.41) is 7.07. The van der Waals surface area contributed by atoms with Gasteiger partial charge in [0, 0.05) is 16.5 Å². The monoisotopic (exact) mass is 573 g/mol. The van der Waals surface area contributed by atoms with Crippen LogP contribution in [0, 0.1) is 13.8 Å². The molecule has 8 aromatic rings. The molecule has 0 saturated carbocycles. The fourth-order valence-corrected chi connectivity index (χ4v) is 6.97. The molecule has 0 saturated heterocycles. The second-order valence-corrected chi connectivity index (χ2v) is 12.8. The third-order valence-electron chi connectivity index (χ3n) is 9.07. The fraction of sp³-hybridized carbons (Fsp3) is 0.200. The molecule has 0 amide bonds. The van der Waals surface area contributed by atoms with Gasteiger partial charge in [0.25, 0.3) is 0 Å². The van der Waals surface area contributed by atoms with Crippen LogP contribution in [0.1, 0.15) is 62.0 Å². The lowest BCUT2D eigenvalue weighted by Crippen LogP contribution is -2.08. The normalized spacial score (nSPS) is 12.3. The first-order valence-electron chi connectivity index (χ1n) is 15.6. The summed E-state index contributed by atoms with van der Waals surface area (Å²) in [6, 6.07) is 32.9. The van der Waals surface area contributed by atoms with Crippen molar-refractivity contribution >= 4 is 54.5 Å². The van der Waals surface area contributed by atoms with Gasteiger partial charge in [0.15, 0.2) is 0 Å². The van der Waals surface area contributed by atoms with E-state index in [4.69, 9.17) is 14.4 Å². The van der Waals surface area contributed by atoms with Crippen LogP contribution in [0.4, 0.5) is 0 Å². The molecule has 0 unspecified atom stereocenters. The molecule has 5 aromatic carbocycles. The number of furan rings is 1. The summed E-state index contributed by atoms with van der Waals surface area (Å²) in [6.45, 7) is 13.2. The summed E-state index contributed by atoms with van der Waals surface area (Å²) in [6.07, 6.45) is 0. The average molecular weight is 574 g/mol. The number of fused-ring (bicyclic) bond motifs is 6. The Labute approximate surface area is 257 Å². The van der Waals surface area contributed by atoms with Gasteiger partial charge in [-0.2, -0.15) is 0 Å². The lowest BCUT2D eigenvalue weighted by atomic mass is 9.92. The Kier molecular flexibility index (Phi) is 5.93. The number of pyridine rings is 1. The molecule has 3 aromatic heterocycles. The molecule has 4 nitrogen and oxygen atoms in total. The quantitative estimate of drug-likeness (QED) is 0.197. The van der Waals surface area contributed by atoms with Crippen molar-refractivity contribution < 1.29 is 4.42 Å². The van der Waals surface area contributed by atoms with Crippen LogP contribution >= 0.6 is 0 Å². The first kappa shape index (κ1) is 26.7. The molecule has 216 valence electrons. The van der Waals surface area contributed by atoms with E-state index >= 15 is 0 Å². The zero-order valence-electron chi connectivity index (χ0n) is 26.1. The Morgan fingerprint density at radius 3 is 1.98 bits per heavy atom. The van der Waals surface area contributed by atoms with Crippen molar-refractivity contribution in [2.45, 2.75) is 53.4 Å². The Hall–Kier alpha value is -4.96. The Morgan fingerprint density at radius 1 is 0.636 bits per heavy atom. The van der Waals surface area contributed by atoms with Crippen molar-refractivity contribution in [1.29, 1.82) is 0 Å². The maximum absolute atomic E-state index is 6.79. The van der Waals surface area contributed by atoms with Crippen LogP contribution in [-0.2, 0) is 0 Å². The highest BCUT2D eigenvalue weighted by molar-refractivity contribution is 6.14. The zero-order valence-corrected chi connectivity index (χ0v) is 26.1. The van der Waals surface area contributed by atoms with Crippen molar-refractivity contribution in [3.63, 3.8) is 0 Å². The second kappa shape index (κ2) is 9.78. The topological polar surface area (TPSA) is 43.9 Å². The van der Waals surface area contributed by atoms with Gasteiger partial charge >= 0.3 is 0 Å². The van der Waals surface area contributed by atoms with Crippen molar-refractivity contribution in [3.8, 4) is 17.1 Å². The van der Waals surface area contributed by atoms with Crippen LogP contribution in [0.25, 0.3) is 71.6 Å². The highest BCUT2D eigenvalue weighted by Crippen LogP contribution is 2.42. The van der Waals surface area contributed by atoms with Crippen LogP contribution in [0.3, 0.4) is 0 Å². The molecule has 8 rings (SSSR count). The van der Waals surface area contributed by atoms with Gasteiger partial charge in [0.2, 0.25) is 0 Å². The maximum atomic E-state index is 6.79. The van der Waals surface area contributed by atoms with Gasteiger partial charge in [-0.15, -0.1) is 0 Å².